The molecule has 144 valence electrons. The molecule has 6 nitrogen and oxygen atoms in total. The molecule has 0 aliphatic rings. The molecule has 28 heavy (non-hydrogen) atoms. The smallest absolute Gasteiger partial charge is 0.276 e. The molecule has 0 fully saturated rings. The molecule has 2 aromatic carbocycles. The molecule has 0 radical (unpaired) electrons. The van der Waals surface area contributed by atoms with Crippen LogP contribution in [0.5, 0.6) is 0 Å². The minimum atomic E-state index is -3.74. The number of hydrogen-bond acceptors (Lipinski definition) is 5. The monoisotopic (exact) mass is 413 g/mol. The van der Waals surface area contributed by atoms with Crippen LogP contribution >= 0.6 is 11.3 Å². The summed E-state index contributed by atoms with van der Waals surface area (Å²) < 4.78 is 24.7. The number of sulfonamides is 1. The first kappa shape index (κ1) is 19.8. The zero-order valence-electron chi connectivity index (χ0n) is 15.3. The number of nitrogens with one attached hydrogen (secondary N) is 2. The summed E-state index contributed by atoms with van der Waals surface area (Å²) in [4.78, 5) is 15.2. The van der Waals surface area contributed by atoms with Crippen molar-refractivity contribution >= 4 is 38.7 Å². The lowest BCUT2D eigenvalue weighted by molar-refractivity contribution is 0.103. The number of hydrogen-bond donors (Lipinski definition) is 2. The first-order valence-corrected chi connectivity index (χ1v) is 10.8. The number of benzene rings is 2. The van der Waals surface area contributed by atoms with Gasteiger partial charge in [-0.2, -0.15) is 18.4 Å². The Morgan fingerprint density at radius 1 is 1.04 bits per heavy atom. The maximum absolute atomic E-state index is 12.3. The number of aryl methyl sites for hydroxylation is 1. The van der Waals surface area contributed by atoms with E-state index in [0.29, 0.717) is 21.8 Å². The summed E-state index contributed by atoms with van der Waals surface area (Å²) >= 11 is 1.36. The van der Waals surface area contributed by atoms with E-state index < -0.39 is 10.0 Å². The van der Waals surface area contributed by atoms with Gasteiger partial charge >= 0.3 is 0 Å². The fraction of sp³-hybridized carbons (Fsp3) is 0.100. The Morgan fingerprint density at radius 3 is 2.46 bits per heavy atom. The molecule has 3 rings (SSSR count). The average Bonchev–Trinajstić information content (AvgIpc) is 3.22. The van der Waals surface area contributed by atoms with Crippen LogP contribution in [0.15, 0.2) is 76.0 Å². The number of nitrogens with zero attached hydrogens (tertiary/aromatic N) is 1. The first-order chi connectivity index (χ1) is 13.3. The highest BCUT2D eigenvalue weighted by molar-refractivity contribution is 7.89. The van der Waals surface area contributed by atoms with Gasteiger partial charge in [0, 0.05) is 5.69 Å². The van der Waals surface area contributed by atoms with E-state index >= 15 is 0 Å². The number of rotatable bonds is 6. The van der Waals surface area contributed by atoms with Crippen LogP contribution in [0.4, 0.5) is 5.69 Å². The number of anilines is 1. The number of amides is 1. The summed E-state index contributed by atoms with van der Waals surface area (Å²) in [5.74, 6) is -0.193. The second kappa shape index (κ2) is 8.37. The van der Waals surface area contributed by atoms with Crippen molar-refractivity contribution in [1.82, 2.24) is 4.83 Å². The maximum atomic E-state index is 12.3. The molecule has 8 heteroatoms. The third-order valence-electron chi connectivity index (χ3n) is 3.95. The predicted octanol–water partition coefficient (Wildman–Crippen LogP) is 4.01. The molecule has 0 saturated carbocycles. The van der Waals surface area contributed by atoms with Gasteiger partial charge in [0.15, 0.2) is 0 Å². The van der Waals surface area contributed by atoms with E-state index in [1.54, 1.807) is 49.4 Å². The Hall–Kier alpha value is -2.97. The molecule has 1 heterocycles. The van der Waals surface area contributed by atoms with E-state index in [0.717, 1.165) is 5.56 Å². The van der Waals surface area contributed by atoms with Crippen molar-refractivity contribution in [2.24, 2.45) is 5.10 Å². The van der Waals surface area contributed by atoms with Crippen LogP contribution in [0, 0.1) is 6.92 Å². The van der Waals surface area contributed by atoms with Crippen molar-refractivity contribution in [3.8, 4) is 0 Å². The minimum Gasteiger partial charge on any atom is -0.321 e. The van der Waals surface area contributed by atoms with E-state index in [1.165, 1.54) is 23.5 Å². The fourth-order valence-electron chi connectivity index (χ4n) is 2.39. The Morgan fingerprint density at radius 2 is 1.79 bits per heavy atom. The Bertz CT molecular complexity index is 1100. The van der Waals surface area contributed by atoms with Gasteiger partial charge in [0.05, 0.1) is 15.5 Å². The lowest BCUT2D eigenvalue weighted by atomic mass is 10.1. The third-order valence-corrected chi connectivity index (χ3v) is 6.04. The summed E-state index contributed by atoms with van der Waals surface area (Å²) in [5.41, 5.74) is 2.74. The van der Waals surface area contributed by atoms with Gasteiger partial charge in [-0.1, -0.05) is 35.9 Å². The van der Waals surface area contributed by atoms with E-state index in [4.69, 9.17) is 0 Å². The largest absolute Gasteiger partial charge is 0.321 e. The quantitative estimate of drug-likeness (QED) is 0.473. The van der Waals surface area contributed by atoms with Gasteiger partial charge in [0.2, 0.25) is 0 Å². The van der Waals surface area contributed by atoms with Crippen molar-refractivity contribution in [2.75, 3.05) is 5.32 Å². The van der Waals surface area contributed by atoms with Gasteiger partial charge in [-0.3, -0.25) is 4.79 Å². The van der Waals surface area contributed by atoms with Crippen LogP contribution in [0.3, 0.4) is 0 Å². The van der Waals surface area contributed by atoms with E-state index in [1.807, 2.05) is 18.4 Å². The highest BCUT2D eigenvalue weighted by Gasteiger charge is 2.13. The fourth-order valence-corrected chi connectivity index (χ4v) is 3.86. The molecule has 0 aliphatic heterocycles. The molecule has 1 amide bonds. The second-order valence-electron chi connectivity index (χ2n) is 6.12. The van der Waals surface area contributed by atoms with Gasteiger partial charge in [0.1, 0.15) is 0 Å². The minimum absolute atomic E-state index is 0.145. The van der Waals surface area contributed by atoms with Gasteiger partial charge < -0.3 is 5.32 Å². The Kier molecular flexibility index (Phi) is 5.91. The van der Waals surface area contributed by atoms with Crippen LogP contribution < -0.4 is 10.1 Å². The van der Waals surface area contributed by atoms with Crippen LogP contribution in [0.2, 0.25) is 0 Å². The summed E-state index contributed by atoms with van der Waals surface area (Å²) in [6, 6.07) is 17.1. The number of carbonyl (C=O) groups excluding carboxylic acids is 1. The van der Waals surface area contributed by atoms with Gasteiger partial charge in [-0.05, 0) is 55.1 Å². The van der Waals surface area contributed by atoms with Crippen molar-refractivity contribution in [3.05, 3.63) is 82.0 Å². The average molecular weight is 414 g/mol. The summed E-state index contributed by atoms with van der Waals surface area (Å²) in [5, 5.41) is 8.66. The first-order valence-electron chi connectivity index (χ1n) is 8.43. The zero-order valence-corrected chi connectivity index (χ0v) is 17.0. The molecule has 3 aromatic rings. The topological polar surface area (TPSA) is 87.6 Å². The molecule has 1 aromatic heterocycles. The van der Waals surface area contributed by atoms with E-state index in [-0.39, 0.29) is 10.8 Å². The highest BCUT2D eigenvalue weighted by atomic mass is 32.2. The van der Waals surface area contributed by atoms with Crippen molar-refractivity contribution in [1.29, 1.82) is 0 Å². The third kappa shape index (κ3) is 4.85. The van der Waals surface area contributed by atoms with Crippen molar-refractivity contribution in [2.45, 2.75) is 18.7 Å². The van der Waals surface area contributed by atoms with Gasteiger partial charge in [-0.25, -0.2) is 0 Å². The molecule has 0 aliphatic carbocycles. The predicted molar refractivity (Wildman–Crippen MR) is 112 cm³/mol. The van der Waals surface area contributed by atoms with Crippen LogP contribution in [0.1, 0.15) is 27.7 Å². The lowest BCUT2D eigenvalue weighted by Crippen LogP contribution is -2.20. The lowest BCUT2D eigenvalue weighted by Gasteiger charge is -2.08. The van der Waals surface area contributed by atoms with Crippen LogP contribution in [-0.4, -0.2) is 20.0 Å². The molecule has 2 N–H and O–H groups in total. The molecule has 0 bridgehead atoms. The summed E-state index contributed by atoms with van der Waals surface area (Å²) in [6.07, 6.45) is 0. The van der Waals surface area contributed by atoms with Crippen molar-refractivity contribution < 1.29 is 13.2 Å². The van der Waals surface area contributed by atoms with E-state index in [9.17, 15) is 13.2 Å². The summed E-state index contributed by atoms with van der Waals surface area (Å²) in [6.45, 7) is 3.58. The Labute approximate surface area is 168 Å². The van der Waals surface area contributed by atoms with Crippen molar-refractivity contribution in [3.63, 3.8) is 0 Å². The maximum Gasteiger partial charge on any atom is 0.276 e. The normalized spacial score (nSPS) is 11.9. The van der Waals surface area contributed by atoms with Crippen LogP contribution in [0.25, 0.3) is 0 Å². The van der Waals surface area contributed by atoms with Crippen LogP contribution in [-0.2, 0) is 10.0 Å². The number of thiophene rings is 1. The molecular formula is C20H19N3O3S2. The number of carbonyl (C=O) groups is 1. The second-order valence-corrected chi connectivity index (χ2v) is 8.73. The highest BCUT2D eigenvalue weighted by Crippen LogP contribution is 2.16. The molecular weight excluding hydrogens is 394 g/mol. The van der Waals surface area contributed by atoms with Gasteiger partial charge in [0.25, 0.3) is 15.9 Å². The standard InChI is InChI=1S/C20H19N3O3S2/c1-14-8-10-18(11-9-14)28(25,26)23-22-15(2)16-5-3-6-17(13-16)21-20(24)19-7-4-12-27-19/h3-13,23H,1-2H3,(H,21,24)/b22-15+. The zero-order chi connectivity index (χ0) is 20.1. The molecule has 0 saturated heterocycles. The Balaban J connectivity index is 1.74. The van der Waals surface area contributed by atoms with Gasteiger partial charge in [-0.15, -0.1) is 11.3 Å². The van der Waals surface area contributed by atoms with E-state index in [2.05, 4.69) is 15.2 Å². The molecule has 0 unspecified atom stereocenters. The number of hydrazone groups is 1. The molecule has 0 atom stereocenters. The molecule has 0 spiro atoms. The summed E-state index contributed by atoms with van der Waals surface area (Å²) in [7, 11) is -3.74. The SMILES string of the molecule is C/C(=N\NS(=O)(=O)c1ccc(C)cc1)c1cccc(NC(=O)c2cccs2)c1.